The third kappa shape index (κ3) is 3.19. The number of benzene rings is 1. The van der Waals surface area contributed by atoms with E-state index in [9.17, 15) is 18.5 Å². The van der Waals surface area contributed by atoms with Gasteiger partial charge in [-0.2, -0.15) is 8.78 Å². The maximum absolute atomic E-state index is 14.0. The van der Waals surface area contributed by atoms with Gasteiger partial charge in [-0.25, -0.2) is 4.98 Å². The molecule has 0 saturated heterocycles. The molecule has 2 aromatic rings. The van der Waals surface area contributed by atoms with Crippen LogP contribution >= 0.6 is 23.5 Å². The number of alkyl halides is 2. The molecule has 1 fully saturated rings. The van der Waals surface area contributed by atoms with Crippen LogP contribution in [0.5, 0.6) is 5.88 Å². The third-order valence-corrected chi connectivity index (χ3v) is 5.46. The number of fused-ring (bicyclic) bond motifs is 1. The largest absolute Gasteiger partial charge is 0.474 e. The second-order valence-electron chi connectivity index (χ2n) is 5.65. The van der Waals surface area contributed by atoms with Crippen molar-refractivity contribution >= 4 is 34.3 Å². The molecule has 0 bridgehead atoms. The van der Waals surface area contributed by atoms with E-state index in [0.29, 0.717) is 23.6 Å². The maximum atomic E-state index is 14.0. The molecule has 0 aliphatic heterocycles. The minimum Gasteiger partial charge on any atom is -0.474 e. The van der Waals surface area contributed by atoms with Gasteiger partial charge in [-0.15, -0.1) is 0 Å². The lowest BCUT2D eigenvalue weighted by atomic mass is 9.92. The molecule has 0 unspecified atom stereocenters. The molecule has 0 spiro atoms. The fourth-order valence-electron chi connectivity index (χ4n) is 2.40. The number of halogens is 3. The molecular formula is C14H13BrF2NO5P. The first kappa shape index (κ1) is 17.7. The summed E-state index contributed by atoms with van der Waals surface area (Å²) in [6.07, 6.45) is 1.78. The van der Waals surface area contributed by atoms with Gasteiger partial charge in [0.05, 0.1) is 6.10 Å². The van der Waals surface area contributed by atoms with Gasteiger partial charge in [0.1, 0.15) is 6.10 Å². The Morgan fingerprint density at radius 3 is 2.50 bits per heavy atom. The van der Waals surface area contributed by atoms with E-state index in [1.807, 2.05) is 0 Å². The van der Waals surface area contributed by atoms with Crippen LogP contribution in [-0.2, 0) is 10.2 Å². The predicted molar refractivity (Wildman–Crippen MR) is 85.0 cm³/mol. The topological polar surface area (TPSA) is 99.9 Å². The SMILES string of the molecule is O=P(O)(O)C(F)(F)c1cc2cc(OC3CC(O)C3)ncc2cc1Br. The van der Waals surface area contributed by atoms with Gasteiger partial charge in [0.15, 0.2) is 0 Å². The molecule has 10 heteroatoms. The lowest BCUT2D eigenvalue weighted by Gasteiger charge is -2.31. The minimum absolute atomic E-state index is 0.124. The molecule has 1 aliphatic rings. The van der Waals surface area contributed by atoms with Gasteiger partial charge < -0.3 is 19.6 Å². The lowest BCUT2D eigenvalue weighted by molar-refractivity contribution is -0.0127. The second kappa shape index (κ2) is 6.00. The molecule has 1 saturated carbocycles. The van der Waals surface area contributed by atoms with Crippen molar-refractivity contribution in [2.45, 2.75) is 30.7 Å². The minimum atomic E-state index is -5.67. The fourth-order valence-corrected chi connectivity index (χ4v) is 3.66. The van der Waals surface area contributed by atoms with E-state index in [-0.39, 0.29) is 16.5 Å². The van der Waals surface area contributed by atoms with Crippen LogP contribution in [0.3, 0.4) is 0 Å². The maximum Gasteiger partial charge on any atom is 0.399 e. The molecule has 3 N–H and O–H groups in total. The first-order valence-electron chi connectivity index (χ1n) is 6.96. The van der Waals surface area contributed by atoms with Gasteiger partial charge in [0.25, 0.3) is 0 Å². The summed E-state index contributed by atoms with van der Waals surface area (Å²) in [5, 5.41) is 10.1. The Bertz CT molecular complexity index is 837. The molecule has 130 valence electrons. The molecule has 0 atom stereocenters. The molecule has 1 aromatic carbocycles. The fraction of sp³-hybridized carbons (Fsp3) is 0.357. The van der Waals surface area contributed by atoms with Gasteiger partial charge in [-0.3, -0.25) is 4.57 Å². The van der Waals surface area contributed by atoms with E-state index < -0.39 is 24.9 Å². The Hall–Kier alpha value is -1.12. The number of hydrogen-bond donors (Lipinski definition) is 3. The van der Waals surface area contributed by atoms with Crippen molar-refractivity contribution < 1.29 is 33.0 Å². The quantitative estimate of drug-likeness (QED) is 0.653. The number of rotatable bonds is 4. The van der Waals surface area contributed by atoms with E-state index in [0.717, 1.165) is 6.07 Å². The van der Waals surface area contributed by atoms with Crippen LogP contribution in [0.15, 0.2) is 28.9 Å². The van der Waals surface area contributed by atoms with Gasteiger partial charge in [0, 0.05) is 40.5 Å². The van der Waals surface area contributed by atoms with Crippen molar-refractivity contribution in [2.75, 3.05) is 0 Å². The molecular weight excluding hydrogens is 411 g/mol. The molecule has 0 amide bonds. The number of aliphatic hydroxyl groups is 1. The van der Waals surface area contributed by atoms with E-state index >= 15 is 0 Å². The number of hydrogen-bond acceptors (Lipinski definition) is 4. The van der Waals surface area contributed by atoms with Crippen LogP contribution in [0, 0.1) is 0 Å². The van der Waals surface area contributed by atoms with Crippen molar-refractivity contribution in [1.82, 2.24) is 4.98 Å². The summed E-state index contributed by atoms with van der Waals surface area (Å²) < 4.78 is 44.5. The molecule has 1 heterocycles. The number of aromatic nitrogens is 1. The normalized spacial score (nSPS) is 21.6. The molecule has 3 rings (SSSR count). The summed E-state index contributed by atoms with van der Waals surface area (Å²) in [4.78, 5) is 21.9. The number of aliphatic hydroxyl groups excluding tert-OH is 1. The number of nitrogens with zero attached hydrogens (tertiary/aromatic N) is 1. The standard InChI is InChI=1S/C14H13BrF2NO5P/c15-12-2-8-6-18-13(23-10-4-9(19)5-10)3-7(8)1-11(12)14(16,17)24(20,21)22/h1-3,6,9-10,19H,4-5H2,(H2,20,21,22). The second-order valence-corrected chi connectivity index (χ2v) is 8.16. The van der Waals surface area contributed by atoms with E-state index in [2.05, 4.69) is 20.9 Å². The zero-order valence-electron chi connectivity index (χ0n) is 12.1. The van der Waals surface area contributed by atoms with Crippen LogP contribution in [0.1, 0.15) is 18.4 Å². The first-order chi connectivity index (χ1) is 11.1. The average molecular weight is 424 g/mol. The first-order valence-corrected chi connectivity index (χ1v) is 9.36. The molecule has 6 nitrogen and oxygen atoms in total. The highest BCUT2D eigenvalue weighted by Gasteiger charge is 2.51. The van der Waals surface area contributed by atoms with Crippen LogP contribution in [0.25, 0.3) is 10.8 Å². The smallest absolute Gasteiger partial charge is 0.399 e. The van der Waals surface area contributed by atoms with Crippen LogP contribution in [0.4, 0.5) is 8.78 Å². The monoisotopic (exact) mass is 423 g/mol. The van der Waals surface area contributed by atoms with Crippen molar-refractivity contribution in [3.8, 4) is 5.88 Å². The van der Waals surface area contributed by atoms with E-state index in [1.165, 1.54) is 18.3 Å². The summed E-state index contributed by atoms with van der Waals surface area (Å²) in [5.74, 6) is 0.201. The van der Waals surface area contributed by atoms with E-state index in [4.69, 9.17) is 14.5 Å². The van der Waals surface area contributed by atoms with Gasteiger partial charge in [0.2, 0.25) is 5.88 Å². The highest BCUT2D eigenvalue weighted by atomic mass is 79.9. The lowest BCUT2D eigenvalue weighted by Crippen LogP contribution is -2.37. The Morgan fingerprint density at radius 1 is 1.25 bits per heavy atom. The number of pyridine rings is 1. The van der Waals surface area contributed by atoms with Crippen LogP contribution < -0.4 is 4.74 Å². The summed E-state index contributed by atoms with van der Waals surface area (Å²) >= 11 is 2.92. The molecule has 0 radical (unpaired) electrons. The number of ether oxygens (including phenoxy) is 1. The summed E-state index contributed by atoms with van der Waals surface area (Å²) in [7, 11) is -5.67. The average Bonchev–Trinajstić information content (AvgIpc) is 2.44. The van der Waals surface area contributed by atoms with Gasteiger partial charge in [-0.05, 0) is 17.5 Å². The van der Waals surface area contributed by atoms with Crippen molar-refractivity contribution in [3.05, 3.63) is 34.4 Å². The van der Waals surface area contributed by atoms with Crippen molar-refractivity contribution in [3.63, 3.8) is 0 Å². The van der Waals surface area contributed by atoms with Gasteiger partial charge >= 0.3 is 13.3 Å². The summed E-state index contributed by atoms with van der Waals surface area (Å²) in [6.45, 7) is 0. The molecule has 1 aliphatic carbocycles. The summed E-state index contributed by atoms with van der Waals surface area (Å²) in [6, 6.07) is 3.74. The third-order valence-electron chi connectivity index (χ3n) is 3.83. The zero-order valence-corrected chi connectivity index (χ0v) is 14.5. The summed E-state index contributed by atoms with van der Waals surface area (Å²) in [5.41, 5.74) is -5.12. The Morgan fingerprint density at radius 2 is 1.92 bits per heavy atom. The predicted octanol–water partition coefficient (Wildman–Crippen LogP) is 3.13. The van der Waals surface area contributed by atoms with Crippen molar-refractivity contribution in [2.24, 2.45) is 0 Å². The Kier molecular flexibility index (Phi) is 4.42. The highest BCUT2D eigenvalue weighted by Crippen LogP contribution is 2.60. The van der Waals surface area contributed by atoms with Crippen LogP contribution in [-0.4, -0.2) is 32.1 Å². The highest BCUT2D eigenvalue weighted by molar-refractivity contribution is 9.10. The van der Waals surface area contributed by atoms with Gasteiger partial charge in [-0.1, -0.05) is 15.9 Å². The van der Waals surface area contributed by atoms with Crippen molar-refractivity contribution in [1.29, 1.82) is 0 Å². The van der Waals surface area contributed by atoms with E-state index in [1.54, 1.807) is 0 Å². The zero-order chi connectivity index (χ0) is 17.7. The Balaban J connectivity index is 2.00. The Labute approximate surface area is 143 Å². The molecule has 24 heavy (non-hydrogen) atoms. The van der Waals surface area contributed by atoms with Crippen LogP contribution in [0.2, 0.25) is 0 Å². The molecule has 1 aromatic heterocycles.